The quantitative estimate of drug-likeness (QED) is 0.562. The summed E-state index contributed by atoms with van der Waals surface area (Å²) in [5.74, 6) is 0. The molecule has 0 aromatic rings. The summed E-state index contributed by atoms with van der Waals surface area (Å²) >= 11 is 0. The monoisotopic (exact) mass is 153 g/mol. The third-order valence-corrected chi connectivity index (χ3v) is 2.71. The zero-order valence-corrected chi connectivity index (χ0v) is 6.74. The zero-order chi connectivity index (χ0) is 7.68. The van der Waals surface area contributed by atoms with E-state index in [2.05, 4.69) is 11.0 Å². The normalized spacial score (nSPS) is 33.7. The molecule has 0 bridgehead atoms. The predicted molar refractivity (Wildman–Crippen MR) is 44.4 cm³/mol. The predicted octanol–water partition coefficient (Wildman–Crippen LogP) is 0.772. The van der Waals surface area contributed by atoms with Gasteiger partial charge in [-0.25, -0.2) is 0 Å². The van der Waals surface area contributed by atoms with E-state index >= 15 is 0 Å². The van der Waals surface area contributed by atoms with Crippen molar-refractivity contribution < 1.29 is 5.11 Å². The fraction of sp³-hybridized carbons (Fsp3) is 0.778. The molecule has 2 nitrogen and oxygen atoms in total. The number of aliphatic hydroxyl groups excluding tert-OH is 1. The van der Waals surface area contributed by atoms with E-state index in [4.69, 9.17) is 0 Å². The van der Waals surface area contributed by atoms with Crippen molar-refractivity contribution in [1.82, 2.24) is 4.90 Å². The number of rotatable bonds is 1. The SMILES string of the molecule is O[C@@H]1C=CCN(C2CCC2)C1. The average molecular weight is 153 g/mol. The topological polar surface area (TPSA) is 23.5 Å². The molecule has 0 aromatic heterocycles. The van der Waals surface area contributed by atoms with Crippen molar-refractivity contribution in [3.05, 3.63) is 12.2 Å². The van der Waals surface area contributed by atoms with Gasteiger partial charge >= 0.3 is 0 Å². The van der Waals surface area contributed by atoms with E-state index in [1.807, 2.05) is 6.08 Å². The highest BCUT2D eigenvalue weighted by molar-refractivity contribution is 4.99. The molecule has 1 aliphatic heterocycles. The molecule has 0 unspecified atom stereocenters. The molecule has 2 aliphatic rings. The van der Waals surface area contributed by atoms with Gasteiger partial charge in [0.2, 0.25) is 0 Å². The van der Waals surface area contributed by atoms with Gasteiger partial charge in [-0.2, -0.15) is 0 Å². The van der Waals surface area contributed by atoms with E-state index in [-0.39, 0.29) is 6.10 Å². The summed E-state index contributed by atoms with van der Waals surface area (Å²) in [7, 11) is 0. The summed E-state index contributed by atoms with van der Waals surface area (Å²) in [4.78, 5) is 2.38. The third-order valence-electron chi connectivity index (χ3n) is 2.71. The third kappa shape index (κ3) is 1.47. The minimum atomic E-state index is -0.218. The van der Waals surface area contributed by atoms with Gasteiger partial charge in [-0.3, -0.25) is 4.90 Å². The van der Waals surface area contributed by atoms with Crippen LogP contribution in [0.4, 0.5) is 0 Å². The molecule has 62 valence electrons. The molecule has 0 spiro atoms. The summed E-state index contributed by atoms with van der Waals surface area (Å²) in [6.45, 7) is 1.89. The van der Waals surface area contributed by atoms with E-state index in [1.54, 1.807) is 0 Å². The van der Waals surface area contributed by atoms with E-state index < -0.39 is 0 Å². The van der Waals surface area contributed by atoms with Crippen LogP contribution >= 0.6 is 0 Å². The summed E-state index contributed by atoms with van der Waals surface area (Å²) in [5.41, 5.74) is 0. The zero-order valence-electron chi connectivity index (χ0n) is 6.74. The second-order valence-corrected chi connectivity index (χ2v) is 3.53. The van der Waals surface area contributed by atoms with Crippen LogP contribution in [-0.2, 0) is 0 Å². The molecule has 0 aromatic carbocycles. The van der Waals surface area contributed by atoms with Crippen molar-refractivity contribution in [3.8, 4) is 0 Å². The molecule has 0 radical (unpaired) electrons. The number of hydrogen-bond acceptors (Lipinski definition) is 2. The lowest BCUT2D eigenvalue weighted by atomic mass is 9.90. The van der Waals surface area contributed by atoms with Crippen LogP contribution in [0.2, 0.25) is 0 Å². The first-order valence-corrected chi connectivity index (χ1v) is 4.45. The molecule has 0 saturated heterocycles. The van der Waals surface area contributed by atoms with Gasteiger partial charge in [-0.15, -0.1) is 0 Å². The molecule has 2 rings (SSSR count). The smallest absolute Gasteiger partial charge is 0.0848 e. The standard InChI is InChI=1S/C9H15NO/c11-9-5-2-6-10(7-9)8-3-1-4-8/h2,5,8-9,11H,1,3-4,6-7H2/t9-/m1/s1. The Morgan fingerprint density at radius 1 is 1.36 bits per heavy atom. The maximum atomic E-state index is 9.32. The molecule has 0 amide bonds. The fourth-order valence-electron chi connectivity index (χ4n) is 1.78. The van der Waals surface area contributed by atoms with Gasteiger partial charge in [0.1, 0.15) is 0 Å². The van der Waals surface area contributed by atoms with Gasteiger partial charge in [-0.05, 0) is 12.8 Å². The molecule has 1 N–H and O–H groups in total. The lowest BCUT2D eigenvalue weighted by Gasteiger charge is -2.39. The molecule has 2 heteroatoms. The first kappa shape index (κ1) is 7.32. The number of hydrogen-bond donors (Lipinski definition) is 1. The summed E-state index contributed by atoms with van der Waals surface area (Å²) in [5, 5.41) is 9.32. The second-order valence-electron chi connectivity index (χ2n) is 3.53. The van der Waals surface area contributed by atoms with Crippen molar-refractivity contribution >= 4 is 0 Å². The van der Waals surface area contributed by atoms with Crippen molar-refractivity contribution in [2.45, 2.75) is 31.4 Å². The Labute approximate surface area is 67.5 Å². The highest BCUT2D eigenvalue weighted by Gasteiger charge is 2.26. The van der Waals surface area contributed by atoms with Gasteiger partial charge in [0.05, 0.1) is 6.10 Å². The maximum Gasteiger partial charge on any atom is 0.0848 e. The van der Waals surface area contributed by atoms with Gasteiger partial charge in [0.15, 0.2) is 0 Å². The Balaban J connectivity index is 1.89. The van der Waals surface area contributed by atoms with Crippen LogP contribution < -0.4 is 0 Å². The van der Waals surface area contributed by atoms with Gasteiger partial charge in [-0.1, -0.05) is 18.6 Å². The van der Waals surface area contributed by atoms with Crippen LogP contribution in [0.3, 0.4) is 0 Å². The van der Waals surface area contributed by atoms with Crippen LogP contribution in [0, 0.1) is 0 Å². The molecule has 1 fully saturated rings. The van der Waals surface area contributed by atoms with E-state index in [0.29, 0.717) is 0 Å². The summed E-state index contributed by atoms with van der Waals surface area (Å²) in [6.07, 6.45) is 7.80. The number of nitrogens with zero attached hydrogens (tertiary/aromatic N) is 1. The maximum absolute atomic E-state index is 9.32. The summed E-state index contributed by atoms with van der Waals surface area (Å²) < 4.78 is 0. The van der Waals surface area contributed by atoms with Crippen LogP contribution in [-0.4, -0.2) is 35.2 Å². The lowest BCUT2D eigenvalue weighted by molar-refractivity contribution is 0.0790. The summed E-state index contributed by atoms with van der Waals surface area (Å²) in [6, 6.07) is 0.773. The van der Waals surface area contributed by atoms with E-state index in [9.17, 15) is 5.11 Å². The molecular formula is C9H15NO. The Kier molecular flexibility index (Phi) is 1.96. The highest BCUT2D eigenvalue weighted by atomic mass is 16.3. The molecule has 1 atom stereocenters. The van der Waals surface area contributed by atoms with Gasteiger partial charge in [0.25, 0.3) is 0 Å². The number of β-amino-alcohol motifs (C(OH)–C–C–N with tert-alkyl or cyclic N) is 1. The molecular weight excluding hydrogens is 138 g/mol. The Hall–Kier alpha value is -0.340. The largest absolute Gasteiger partial charge is 0.388 e. The van der Waals surface area contributed by atoms with Crippen molar-refractivity contribution in [2.75, 3.05) is 13.1 Å². The van der Waals surface area contributed by atoms with Gasteiger partial charge in [0, 0.05) is 19.1 Å². The van der Waals surface area contributed by atoms with E-state index in [1.165, 1.54) is 19.3 Å². The van der Waals surface area contributed by atoms with Crippen LogP contribution in [0.5, 0.6) is 0 Å². The average Bonchev–Trinajstić information content (AvgIpc) is 1.83. The Morgan fingerprint density at radius 2 is 2.18 bits per heavy atom. The number of aliphatic hydroxyl groups is 1. The molecule has 1 aliphatic carbocycles. The fourth-order valence-corrected chi connectivity index (χ4v) is 1.78. The molecule has 1 heterocycles. The Bertz CT molecular complexity index is 163. The van der Waals surface area contributed by atoms with Crippen LogP contribution in [0.15, 0.2) is 12.2 Å². The van der Waals surface area contributed by atoms with Crippen LogP contribution in [0.25, 0.3) is 0 Å². The first-order valence-electron chi connectivity index (χ1n) is 4.45. The molecule has 1 saturated carbocycles. The highest BCUT2D eigenvalue weighted by Crippen LogP contribution is 2.25. The van der Waals surface area contributed by atoms with E-state index in [0.717, 1.165) is 19.1 Å². The van der Waals surface area contributed by atoms with Crippen molar-refractivity contribution in [1.29, 1.82) is 0 Å². The van der Waals surface area contributed by atoms with Crippen molar-refractivity contribution in [3.63, 3.8) is 0 Å². The minimum Gasteiger partial charge on any atom is -0.388 e. The second kappa shape index (κ2) is 2.95. The van der Waals surface area contributed by atoms with Crippen molar-refractivity contribution in [2.24, 2.45) is 0 Å². The van der Waals surface area contributed by atoms with Crippen LogP contribution in [0.1, 0.15) is 19.3 Å². The molecule has 11 heavy (non-hydrogen) atoms. The Morgan fingerprint density at radius 3 is 2.73 bits per heavy atom. The van der Waals surface area contributed by atoms with Gasteiger partial charge < -0.3 is 5.11 Å². The lowest BCUT2D eigenvalue weighted by Crippen LogP contribution is -2.45. The minimum absolute atomic E-state index is 0.218. The first-order chi connectivity index (χ1) is 5.36.